The van der Waals surface area contributed by atoms with Gasteiger partial charge in [0.25, 0.3) is 0 Å². The average Bonchev–Trinajstić information content (AvgIpc) is 2.29. The molecule has 19 heavy (non-hydrogen) atoms. The average molecular weight is 271 g/mol. The zero-order valence-corrected chi connectivity index (χ0v) is 11.0. The quantitative estimate of drug-likeness (QED) is 0.578. The van der Waals surface area contributed by atoms with Crippen molar-refractivity contribution >= 4 is 23.8 Å². The number of urea groups is 1. The standard InChI is InChI=1S/C11H17N3O5/c1-5(2)8(10(17)18)13-11(19)14-4-7(15)12-9(16)6(14)3/h5-6,8H,4H2,1-3H3,(H,13,19)(H,17,18)(H,12,15,16)/t6?,8-/m0/s1. The minimum atomic E-state index is -1.16. The summed E-state index contributed by atoms with van der Waals surface area (Å²) in [5.41, 5.74) is 0. The predicted molar refractivity (Wildman–Crippen MR) is 64.1 cm³/mol. The Morgan fingerprint density at radius 3 is 2.47 bits per heavy atom. The summed E-state index contributed by atoms with van der Waals surface area (Å²) in [4.78, 5) is 46.6. The topological polar surface area (TPSA) is 116 Å². The number of carbonyl (C=O) groups is 4. The highest BCUT2D eigenvalue weighted by Crippen LogP contribution is 2.08. The van der Waals surface area contributed by atoms with E-state index in [-0.39, 0.29) is 12.5 Å². The fourth-order valence-electron chi connectivity index (χ4n) is 1.69. The van der Waals surface area contributed by atoms with Gasteiger partial charge in [0.15, 0.2) is 0 Å². The Labute approximate surface area is 110 Å². The van der Waals surface area contributed by atoms with Gasteiger partial charge < -0.3 is 15.3 Å². The molecule has 1 fully saturated rings. The number of nitrogens with one attached hydrogen (secondary N) is 2. The van der Waals surface area contributed by atoms with E-state index in [1.54, 1.807) is 13.8 Å². The lowest BCUT2D eigenvalue weighted by atomic mass is 10.1. The van der Waals surface area contributed by atoms with Gasteiger partial charge in [0.1, 0.15) is 18.6 Å². The van der Waals surface area contributed by atoms with Gasteiger partial charge in [0.2, 0.25) is 11.8 Å². The minimum absolute atomic E-state index is 0.275. The van der Waals surface area contributed by atoms with Crippen molar-refractivity contribution in [1.29, 1.82) is 0 Å². The molecule has 1 aliphatic heterocycles. The number of carbonyl (C=O) groups excluding carboxylic acids is 3. The van der Waals surface area contributed by atoms with Crippen molar-refractivity contribution in [3.8, 4) is 0 Å². The molecule has 2 atom stereocenters. The molecule has 0 aromatic rings. The van der Waals surface area contributed by atoms with E-state index < -0.39 is 35.9 Å². The van der Waals surface area contributed by atoms with Crippen LogP contribution in [0.25, 0.3) is 0 Å². The zero-order chi connectivity index (χ0) is 14.7. The number of hydrogen-bond acceptors (Lipinski definition) is 4. The van der Waals surface area contributed by atoms with Crippen molar-refractivity contribution in [2.45, 2.75) is 32.9 Å². The van der Waals surface area contributed by atoms with Crippen LogP contribution in [0.1, 0.15) is 20.8 Å². The molecule has 8 heteroatoms. The molecule has 0 radical (unpaired) electrons. The van der Waals surface area contributed by atoms with Crippen molar-refractivity contribution in [3.05, 3.63) is 0 Å². The number of carboxylic acids is 1. The highest BCUT2D eigenvalue weighted by atomic mass is 16.4. The lowest BCUT2D eigenvalue weighted by Crippen LogP contribution is -2.62. The van der Waals surface area contributed by atoms with Crippen LogP contribution in [0.15, 0.2) is 0 Å². The second kappa shape index (κ2) is 5.68. The number of amides is 4. The van der Waals surface area contributed by atoms with Gasteiger partial charge in [-0.25, -0.2) is 9.59 Å². The number of imide groups is 1. The van der Waals surface area contributed by atoms with Gasteiger partial charge in [0, 0.05) is 0 Å². The molecule has 0 spiro atoms. The Bertz CT molecular complexity index is 421. The summed E-state index contributed by atoms with van der Waals surface area (Å²) >= 11 is 0. The van der Waals surface area contributed by atoms with E-state index in [0.717, 1.165) is 4.90 Å². The van der Waals surface area contributed by atoms with Gasteiger partial charge in [0.05, 0.1) is 0 Å². The third-order valence-corrected chi connectivity index (χ3v) is 2.90. The first kappa shape index (κ1) is 14.9. The van der Waals surface area contributed by atoms with Crippen molar-refractivity contribution in [2.24, 2.45) is 5.92 Å². The first-order valence-corrected chi connectivity index (χ1v) is 5.87. The second-order valence-corrected chi connectivity index (χ2v) is 4.73. The number of carboxylic acid groups (broad SMARTS) is 1. The normalized spacial score (nSPS) is 21.1. The van der Waals surface area contributed by atoms with Crippen LogP contribution in [0.5, 0.6) is 0 Å². The molecule has 3 N–H and O–H groups in total. The molecule has 1 saturated heterocycles. The molecule has 1 aliphatic rings. The molecule has 0 bridgehead atoms. The number of aliphatic carboxylic acids is 1. The van der Waals surface area contributed by atoms with Gasteiger partial charge in [-0.05, 0) is 12.8 Å². The Morgan fingerprint density at radius 2 is 2.00 bits per heavy atom. The predicted octanol–water partition coefficient (Wildman–Crippen LogP) is -0.848. The van der Waals surface area contributed by atoms with Crippen LogP contribution in [0.2, 0.25) is 0 Å². The van der Waals surface area contributed by atoms with Gasteiger partial charge >= 0.3 is 12.0 Å². The number of rotatable bonds is 3. The van der Waals surface area contributed by atoms with E-state index >= 15 is 0 Å². The molecule has 106 valence electrons. The maximum Gasteiger partial charge on any atom is 0.326 e. The summed E-state index contributed by atoms with van der Waals surface area (Å²) in [7, 11) is 0. The maximum absolute atomic E-state index is 11.9. The smallest absolute Gasteiger partial charge is 0.326 e. The number of nitrogens with zero attached hydrogens (tertiary/aromatic N) is 1. The monoisotopic (exact) mass is 271 g/mol. The first-order chi connectivity index (χ1) is 8.73. The largest absolute Gasteiger partial charge is 0.480 e. The number of hydrogen-bond donors (Lipinski definition) is 3. The lowest BCUT2D eigenvalue weighted by molar-refractivity contribution is -0.140. The van der Waals surface area contributed by atoms with Crippen LogP contribution in [0.4, 0.5) is 4.79 Å². The Balaban J connectivity index is 2.78. The molecule has 8 nitrogen and oxygen atoms in total. The van der Waals surface area contributed by atoms with Gasteiger partial charge in [-0.2, -0.15) is 0 Å². The van der Waals surface area contributed by atoms with E-state index in [4.69, 9.17) is 5.11 Å². The van der Waals surface area contributed by atoms with Crippen molar-refractivity contribution in [2.75, 3.05) is 6.54 Å². The minimum Gasteiger partial charge on any atom is -0.480 e. The Kier molecular flexibility index (Phi) is 4.47. The molecule has 0 aromatic heterocycles. The summed E-state index contributed by atoms with van der Waals surface area (Å²) in [6.07, 6.45) is 0. The van der Waals surface area contributed by atoms with Crippen LogP contribution in [-0.2, 0) is 14.4 Å². The summed E-state index contributed by atoms with van der Waals surface area (Å²) in [6.45, 7) is 4.49. The fourth-order valence-corrected chi connectivity index (χ4v) is 1.69. The van der Waals surface area contributed by atoms with E-state index in [0.29, 0.717) is 0 Å². The Morgan fingerprint density at radius 1 is 1.42 bits per heavy atom. The van der Waals surface area contributed by atoms with Crippen LogP contribution >= 0.6 is 0 Å². The summed E-state index contributed by atoms with van der Waals surface area (Å²) in [5, 5.41) is 13.4. The molecule has 4 amide bonds. The third kappa shape index (κ3) is 3.43. The molecule has 0 aliphatic carbocycles. The molecule has 1 rings (SSSR count). The fraction of sp³-hybridized carbons (Fsp3) is 0.636. The van der Waals surface area contributed by atoms with Crippen molar-refractivity contribution in [1.82, 2.24) is 15.5 Å². The molecule has 1 heterocycles. The first-order valence-electron chi connectivity index (χ1n) is 5.87. The molecular formula is C11H17N3O5. The van der Waals surface area contributed by atoms with Crippen LogP contribution < -0.4 is 10.6 Å². The van der Waals surface area contributed by atoms with Gasteiger partial charge in [-0.3, -0.25) is 14.9 Å². The second-order valence-electron chi connectivity index (χ2n) is 4.73. The highest BCUT2D eigenvalue weighted by molar-refractivity contribution is 6.04. The van der Waals surface area contributed by atoms with E-state index in [2.05, 4.69) is 10.6 Å². The van der Waals surface area contributed by atoms with Crippen molar-refractivity contribution in [3.63, 3.8) is 0 Å². The van der Waals surface area contributed by atoms with Crippen LogP contribution in [0.3, 0.4) is 0 Å². The summed E-state index contributed by atoms with van der Waals surface area (Å²) in [6, 6.07) is -2.63. The van der Waals surface area contributed by atoms with E-state index in [1.807, 2.05) is 0 Å². The van der Waals surface area contributed by atoms with Crippen LogP contribution in [-0.4, -0.2) is 52.4 Å². The molecule has 1 unspecified atom stereocenters. The molecule has 0 saturated carbocycles. The van der Waals surface area contributed by atoms with Crippen LogP contribution in [0, 0.1) is 5.92 Å². The molecule has 0 aromatic carbocycles. The third-order valence-electron chi connectivity index (χ3n) is 2.90. The highest BCUT2D eigenvalue weighted by Gasteiger charge is 2.35. The summed E-state index contributed by atoms with van der Waals surface area (Å²) < 4.78 is 0. The molecular weight excluding hydrogens is 254 g/mol. The lowest BCUT2D eigenvalue weighted by Gasteiger charge is -2.33. The van der Waals surface area contributed by atoms with Gasteiger partial charge in [-0.15, -0.1) is 0 Å². The van der Waals surface area contributed by atoms with Crippen molar-refractivity contribution < 1.29 is 24.3 Å². The Hall–Kier alpha value is -2.12. The number of piperazine rings is 1. The zero-order valence-electron chi connectivity index (χ0n) is 11.0. The maximum atomic E-state index is 11.9. The van der Waals surface area contributed by atoms with Gasteiger partial charge in [-0.1, -0.05) is 13.8 Å². The van der Waals surface area contributed by atoms with E-state index in [9.17, 15) is 19.2 Å². The SMILES string of the molecule is CC(C)[C@H](NC(=O)N1CC(=O)NC(=O)C1C)C(=O)O. The summed E-state index contributed by atoms with van der Waals surface area (Å²) in [5.74, 6) is -2.65. The van der Waals surface area contributed by atoms with E-state index in [1.165, 1.54) is 6.92 Å².